The second-order valence-corrected chi connectivity index (χ2v) is 5.99. The van der Waals surface area contributed by atoms with Crippen molar-refractivity contribution in [1.29, 1.82) is 0 Å². The molecule has 7 nitrogen and oxygen atoms in total. The topological polar surface area (TPSA) is 65.1 Å². The third-order valence-corrected chi connectivity index (χ3v) is 4.40. The van der Waals surface area contributed by atoms with E-state index in [1.807, 2.05) is 11.0 Å². The molecule has 0 unspecified atom stereocenters. The normalized spacial score (nSPS) is 20.2. The van der Waals surface area contributed by atoms with Gasteiger partial charge in [0.05, 0.1) is 6.61 Å². The third kappa shape index (κ3) is 5.13. The first kappa shape index (κ1) is 17.6. The van der Waals surface area contributed by atoms with Crippen molar-refractivity contribution in [2.24, 2.45) is 0 Å². The van der Waals surface area contributed by atoms with Crippen LogP contribution in [0.5, 0.6) is 0 Å². The maximum absolute atomic E-state index is 12.3. The molecule has 130 valence electrons. The van der Waals surface area contributed by atoms with E-state index in [0.29, 0.717) is 19.7 Å². The van der Waals surface area contributed by atoms with Crippen molar-refractivity contribution in [3.63, 3.8) is 0 Å². The second-order valence-electron chi connectivity index (χ2n) is 5.99. The lowest BCUT2D eigenvalue weighted by Gasteiger charge is -2.36. The summed E-state index contributed by atoms with van der Waals surface area (Å²) in [7, 11) is 0. The van der Waals surface area contributed by atoms with E-state index in [0.717, 1.165) is 45.6 Å². The Hall–Kier alpha value is -1.76. The fourth-order valence-corrected chi connectivity index (χ4v) is 3.00. The number of urea groups is 1. The minimum absolute atomic E-state index is 0.0119. The van der Waals surface area contributed by atoms with Crippen molar-refractivity contribution < 1.29 is 14.3 Å². The smallest absolute Gasteiger partial charge is 0.409 e. The molecule has 0 aromatic rings. The molecule has 0 saturated carbocycles. The first-order valence-electron chi connectivity index (χ1n) is 8.44. The van der Waals surface area contributed by atoms with Crippen molar-refractivity contribution in [2.45, 2.75) is 25.8 Å². The average Bonchev–Trinajstić information content (AvgIpc) is 2.56. The molecule has 7 heteroatoms. The molecule has 0 aromatic heterocycles. The highest BCUT2D eigenvalue weighted by Crippen LogP contribution is 2.12. The zero-order chi connectivity index (χ0) is 16.7. The van der Waals surface area contributed by atoms with Gasteiger partial charge in [-0.3, -0.25) is 4.90 Å². The van der Waals surface area contributed by atoms with Crippen LogP contribution in [0.4, 0.5) is 9.59 Å². The number of carbonyl (C=O) groups excluding carboxylic acids is 2. The molecule has 1 N–H and O–H groups in total. The SMILES string of the molecule is C=CCN1CCN(C(=O)NC2CCN(C(=O)OCC)CC2)CC1. The number of rotatable bonds is 4. The van der Waals surface area contributed by atoms with Crippen LogP contribution in [-0.2, 0) is 4.74 Å². The molecular weight excluding hydrogens is 296 g/mol. The standard InChI is InChI=1S/C16H28N4O3/c1-3-7-18-10-12-19(13-11-18)15(21)17-14-5-8-20(9-6-14)16(22)23-4-2/h3,14H,1,4-13H2,2H3,(H,17,21). The zero-order valence-electron chi connectivity index (χ0n) is 14.0. The number of likely N-dealkylation sites (tertiary alicyclic amines) is 1. The summed E-state index contributed by atoms with van der Waals surface area (Å²) in [6.07, 6.45) is 3.20. The van der Waals surface area contributed by atoms with Crippen LogP contribution in [0.3, 0.4) is 0 Å². The van der Waals surface area contributed by atoms with Crippen molar-refractivity contribution in [3.8, 4) is 0 Å². The molecule has 2 rings (SSSR count). The highest BCUT2D eigenvalue weighted by molar-refractivity contribution is 5.74. The average molecular weight is 324 g/mol. The summed E-state index contributed by atoms with van der Waals surface area (Å²) in [5.41, 5.74) is 0. The predicted octanol–water partition coefficient (Wildman–Crippen LogP) is 1.12. The van der Waals surface area contributed by atoms with Gasteiger partial charge in [0.25, 0.3) is 0 Å². The minimum Gasteiger partial charge on any atom is -0.450 e. The monoisotopic (exact) mass is 324 g/mol. The molecular formula is C16H28N4O3. The van der Waals surface area contributed by atoms with Crippen LogP contribution >= 0.6 is 0 Å². The molecule has 2 fully saturated rings. The van der Waals surface area contributed by atoms with E-state index < -0.39 is 0 Å². The number of carbonyl (C=O) groups is 2. The van der Waals surface area contributed by atoms with Crippen molar-refractivity contribution in [2.75, 3.05) is 52.4 Å². The van der Waals surface area contributed by atoms with Gasteiger partial charge in [-0.15, -0.1) is 6.58 Å². The van der Waals surface area contributed by atoms with Gasteiger partial charge in [0.2, 0.25) is 0 Å². The molecule has 2 heterocycles. The lowest BCUT2D eigenvalue weighted by atomic mass is 10.1. The van der Waals surface area contributed by atoms with Gasteiger partial charge >= 0.3 is 12.1 Å². The maximum atomic E-state index is 12.3. The van der Waals surface area contributed by atoms with Crippen LogP contribution in [0.15, 0.2) is 12.7 Å². The fraction of sp³-hybridized carbons (Fsp3) is 0.750. The summed E-state index contributed by atoms with van der Waals surface area (Å²) in [4.78, 5) is 29.8. The number of hydrogen-bond donors (Lipinski definition) is 1. The van der Waals surface area contributed by atoms with E-state index in [9.17, 15) is 9.59 Å². The second kappa shape index (κ2) is 8.76. The summed E-state index contributed by atoms with van der Waals surface area (Å²) in [5, 5.41) is 3.10. The molecule has 0 spiro atoms. The van der Waals surface area contributed by atoms with E-state index >= 15 is 0 Å². The number of nitrogens with zero attached hydrogens (tertiary/aromatic N) is 3. The summed E-state index contributed by atoms with van der Waals surface area (Å²) in [6.45, 7) is 11.4. The van der Waals surface area contributed by atoms with Gasteiger partial charge in [0, 0.05) is 51.9 Å². The minimum atomic E-state index is -0.254. The number of piperazine rings is 1. The molecule has 23 heavy (non-hydrogen) atoms. The highest BCUT2D eigenvalue weighted by atomic mass is 16.6. The number of nitrogens with one attached hydrogen (secondary N) is 1. The Bertz CT molecular complexity index is 414. The molecule has 0 radical (unpaired) electrons. The summed E-state index contributed by atoms with van der Waals surface area (Å²) in [5.74, 6) is 0. The van der Waals surface area contributed by atoms with Crippen molar-refractivity contribution >= 4 is 12.1 Å². The van der Waals surface area contributed by atoms with Gasteiger partial charge in [-0.25, -0.2) is 9.59 Å². The molecule has 0 atom stereocenters. The first-order chi connectivity index (χ1) is 11.1. The van der Waals surface area contributed by atoms with E-state index in [2.05, 4.69) is 16.8 Å². The van der Waals surface area contributed by atoms with E-state index in [4.69, 9.17) is 4.74 Å². The number of piperidine rings is 1. The van der Waals surface area contributed by atoms with Crippen molar-refractivity contribution in [1.82, 2.24) is 20.0 Å². The Morgan fingerprint density at radius 3 is 2.35 bits per heavy atom. The Kier molecular flexibility index (Phi) is 6.70. The largest absolute Gasteiger partial charge is 0.450 e. The zero-order valence-corrected chi connectivity index (χ0v) is 14.0. The van der Waals surface area contributed by atoms with Crippen LogP contribution < -0.4 is 5.32 Å². The Morgan fingerprint density at radius 2 is 1.78 bits per heavy atom. The number of amides is 3. The molecule has 2 saturated heterocycles. The van der Waals surface area contributed by atoms with E-state index in [-0.39, 0.29) is 18.2 Å². The van der Waals surface area contributed by atoms with Crippen LogP contribution in [-0.4, -0.2) is 85.3 Å². The van der Waals surface area contributed by atoms with Crippen LogP contribution in [0, 0.1) is 0 Å². The summed E-state index contributed by atoms with van der Waals surface area (Å²) in [6, 6.07) is 0.150. The van der Waals surface area contributed by atoms with Crippen LogP contribution in [0.1, 0.15) is 19.8 Å². The summed E-state index contributed by atoms with van der Waals surface area (Å²) >= 11 is 0. The molecule has 2 aliphatic rings. The van der Waals surface area contributed by atoms with Gasteiger partial charge in [-0.1, -0.05) is 6.08 Å². The van der Waals surface area contributed by atoms with E-state index in [1.54, 1.807) is 11.8 Å². The van der Waals surface area contributed by atoms with E-state index in [1.165, 1.54) is 0 Å². The maximum Gasteiger partial charge on any atom is 0.409 e. The lowest BCUT2D eigenvalue weighted by molar-refractivity contribution is 0.0943. The van der Waals surface area contributed by atoms with Crippen LogP contribution in [0.25, 0.3) is 0 Å². The Balaban J connectivity index is 1.69. The number of ether oxygens (including phenoxy) is 1. The van der Waals surface area contributed by atoms with Gasteiger partial charge < -0.3 is 19.9 Å². The van der Waals surface area contributed by atoms with Crippen molar-refractivity contribution in [3.05, 3.63) is 12.7 Å². The highest BCUT2D eigenvalue weighted by Gasteiger charge is 2.27. The van der Waals surface area contributed by atoms with Gasteiger partial charge in [0.15, 0.2) is 0 Å². The van der Waals surface area contributed by atoms with Gasteiger partial charge in [-0.05, 0) is 19.8 Å². The number of hydrogen-bond acceptors (Lipinski definition) is 4. The fourth-order valence-electron chi connectivity index (χ4n) is 3.00. The molecule has 0 aromatic carbocycles. The molecule has 3 amide bonds. The summed E-state index contributed by atoms with van der Waals surface area (Å²) < 4.78 is 5.00. The quantitative estimate of drug-likeness (QED) is 0.787. The Morgan fingerprint density at radius 1 is 1.13 bits per heavy atom. The molecule has 0 bridgehead atoms. The van der Waals surface area contributed by atoms with Gasteiger partial charge in [0.1, 0.15) is 0 Å². The molecule has 2 aliphatic heterocycles. The molecule has 0 aliphatic carbocycles. The third-order valence-electron chi connectivity index (χ3n) is 4.40. The first-order valence-corrected chi connectivity index (χ1v) is 8.44. The van der Waals surface area contributed by atoms with Crippen LogP contribution in [0.2, 0.25) is 0 Å². The lowest BCUT2D eigenvalue weighted by Crippen LogP contribution is -2.55. The predicted molar refractivity (Wildman–Crippen MR) is 88.4 cm³/mol. The van der Waals surface area contributed by atoms with Gasteiger partial charge in [-0.2, -0.15) is 0 Å². The Labute approximate surface area is 138 Å².